The van der Waals surface area contributed by atoms with Crippen molar-refractivity contribution >= 4 is 11.9 Å². The van der Waals surface area contributed by atoms with Gasteiger partial charge in [0.1, 0.15) is 0 Å². The molecule has 0 aromatic carbocycles. The largest absolute Gasteiger partial charge is 0.479 e. The summed E-state index contributed by atoms with van der Waals surface area (Å²) in [6, 6.07) is 0. The molecule has 6 nitrogen and oxygen atoms in total. The average molecular weight is 216 g/mol. The van der Waals surface area contributed by atoms with Crippen molar-refractivity contribution in [3.05, 3.63) is 0 Å². The second kappa shape index (κ2) is 4.59. The highest BCUT2D eigenvalue weighted by atomic mass is 16.5. The van der Waals surface area contributed by atoms with Gasteiger partial charge in [-0.1, -0.05) is 0 Å². The van der Waals surface area contributed by atoms with Gasteiger partial charge in [-0.2, -0.15) is 0 Å². The number of hydrogen-bond donors (Lipinski definition) is 2. The molecule has 1 fully saturated rings. The number of aliphatic carboxylic acids is 1. The third-order valence-electron chi connectivity index (χ3n) is 2.27. The van der Waals surface area contributed by atoms with Crippen LogP contribution in [0, 0.1) is 0 Å². The number of carbonyl (C=O) groups excluding carboxylic acids is 1. The highest BCUT2D eigenvalue weighted by Gasteiger charge is 2.43. The van der Waals surface area contributed by atoms with Crippen molar-refractivity contribution in [1.29, 1.82) is 0 Å². The van der Waals surface area contributed by atoms with Gasteiger partial charge in [-0.25, -0.2) is 4.79 Å². The van der Waals surface area contributed by atoms with E-state index in [0.29, 0.717) is 13.0 Å². The molecule has 6 heteroatoms. The predicted molar refractivity (Wildman–Crippen MR) is 52.5 cm³/mol. The highest BCUT2D eigenvalue weighted by molar-refractivity contribution is 5.88. The Bertz CT molecular complexity index is 259. The summed E-state index contributed by atoms with van der Waals surface area (Å²) in [7, 11) is 3.50. The first-order valence-electron chi connectivity index (χ1n) is 4.73. The van der Waals surface area contributed by atoms with E-state index in [-0.39, 0.29) is 19.1 Å². The van der Waals surface area contributed by atoms with E-state index in [2.05, 4.69) is 5.32 Å². The molecule has 0 aromatic heterocycles. The molecule has 0 aromatic rings. The van der Waals surface area contributed by atoms with Crippen LogP contribution < -0.4 is 5.32 Å². The Kier molecular flexibility index (Phi) is 3.65. The number of ether oxygens (including phenoxy) is 1. The lowest BCUT2D eigenvalue weighted by Crippen LogP contribution is -2.56. The van der Waals surface area contributed by atoms with Gasteiger partial charge in [0.25, 0.3) is 0 Å². The van der Waals surface area contributed by atoms with Gasteiger partial charge >= 0.3 is 5.97 Å². The number of amides is 1. The molecule has 1 unspecified atom stereocenters. The van der Waals surface area contributed by atoms with Crippen molar-refractivity contribution < 1.29 is 19.4 Å². The molecule has 86 valence electrons. The third-order valence-corrected chi connectivity index (χ3v) is 2.27. The van der Waals surface area contributed by atoms with Gasteiger partial charge < -0.3 is 20.1 Å². The van der Waals surface area contributed by atoms with Gasteiger partial charge in [-0.15, -0.1) is 0 Å². The van der Waals surface area contributed by atoms with Crippen LogP contribution in [0.3, 0.4) is 0 Å². The second-order valence-electron chi connectivity index (χ2n) is 3.98. The van der Waals surface area contributed by atoms with Crippen molar-refractivity contribution in [2.45, 2.75) is 12.0 Å². The smallest absolute Gasteiger partial charge is 0.331 e. The maximum Gasteiger partial charge on any atom is 0.331 e. The van der Waals surface area contributed by atoms with Crippen LogP contribution in [0.4, 0.5) is 0 Å². The first-order valence-corrected chi connectivity index (χ1v) is 4.73. The molecule has 0 saturated carbocycles. The molecule has 1 aliphatic heterocycles. The summed E-state index contributed by atoms with van der Waals surface area (Å²) in [5.74, 6) is -1.33. The maximum atomic E-state index is 11.4. The molecule has 1 atom stereocenters. The van der Waals surface area contributed by atoms with Crippen LogP contribution in [0.1, 0.15) is 6.42 Å². The molecule has 0 radical (unpaired) electrons. The molecule has 0 spiro atoms. The van der Waals surface area contributed by atoms with E-state index in [0.717, 1.165) is 0 Å². The summed E-state index contributed by atoms with van der Waals surface area (Å²) in [4.78, 5) is 24.2. The topological polar surface area (TPSA) is 78.9 Å². The molecule has 0 bridgehead atoms. The average Bonchev–Trinajstić information content (AvgIpc) is 2.52. The summed E-state index contributed by atoms with van der Waals surface area (Å²) < 4.78 is 5.02. The number of hydrogen-bond acceptors (Lipinski definition) is 4. The van der Waals surface area contributed by atoms with Gasteiger partial charge in [-0.05, 0) is 14.1 Å². The fraction of sp³-hybridized carbons (Fsp3) is 0.778. The van der Waals surface area contributed by atoms with Crippen LogP contribution >= 0.6 is 0 Å². The normalized spacial score (nSPS) is 25.5. The van der Waals surface area contributed by atoms with Gasteiger partial charge in [0.15, 0.2) is 5.54 Å². The summed E-state index contributed by atoms with van der Waals surface area (Å²) >= 11 is 0. The number of rotatable bonds is 4. The van der Waals surface area contributed by atoms with Crippen LogP contribution in [-0.2, 0) is 14.3 Å². The monoisotopic (exact) mass is 216 g/mol. The molecule has 1 amide bonds. The molecular formula is C9H16N2O4. The quantitative estimate of drug-likeness (QED) is 0.624. The molecule has 0 aliphatic carbocycles. The van der Waals surface area contributed by atoms with Crippen molar-refractivity contribution in [3.63, 3.8) is 0 Å². The van der Waals surface area contributed by atoms with E-state index in [9.17, 15) is 9.59 Å². The van der Waals surface area contributed by atoms with Gasteiger partial charge in [0.05, 0.1) is 13.2 Å². The van der Waals surface area contributed by atoms with Crippen molar-refractivity contribution in [1.82, 2.24) is 10.2 Å². The molecular weight excluding hydrogens is 200 g/mol. The zero-order valence-electron chi connectivity index (χ0n) is 8.95. The van der Waals surface area contributed by atoms with Crippen molar-refractivity contribution in [2.75, 3.05) is 33.9 Å². The van der Waals surface area contributed by atoms with Crippen molar-refractivity contribution in [2.24, 2.45) is 0 Å². The van der Waals surface area contributed by atoms with E-state index >= 15 is 0 Å². The Morgan fingerprint density at radius 1 is 1.53 bits per heavy atom. The van der Waals surface area contributed by atoms with Crippen molar-refractivity contribution in [3.8, 4) is 0 Å². The zero-order valence-corrected chi connectivity index (χ0v) is 8.95. The Morgan fingerprint density at radius 2 is 2.20 bits per heavy atom. The molecule has 1 heterocycles. The highest BCUT2D eigenvalue weighted by Crippen LogP contribution is 2.18. The second-order valence-corrected chi connectivity index (χ2v) is 3.98. The van der Waals surface area contributed by atoms with E-state index in [1.54, 1.807) is 19.0 Å². The Hall–Kier alpha value is -1.14. The standard InChI is InChI=1S/C9H16N2O4/c1-11(2)5-7(12)10-9(8(13)14)3-4-15-6-9/h3-6H2,1-2H3,(H,10,12)(H,13,14). The SMILES string of the molecule is CN(C)CC(=O)NC1(C(=O)O)CCOC1. The maximum absolute atomic E-state index is 11.4. The lowest BCUT2D eigenvalue weighted by molar-refractivity contribution is -0.147. The van der Waals surface area contributed by atoms with E-state index in [1.165, 1.54) is 0 Å². The number of carboxylic acid groups (broad SMARTS) is 1. The van der Waals surface area contributed by atoms with Gasteiger partial charge in [-0.3, -0.25) is 4.79 Å². The molecule has 1 rings (SSSR count). The zero-order chi connectivity index (χ0) is 11.5. The molecule has 2 N–H and O–H groups in total. The minimum absolute atomic E-state index is 0.0432. The van der Waals surface area contributed by atoms with Crippen LogP contribution in [0.5, 0.6) is 0 Å². The number of carboxylic acids is 1. The van der Waals surface area contributed by atoms with Gasteiger partial charge in [0, 0.05) is 13.0 Å². The minimum Gasteiger partial charge on any atom is -0.479 e. The minimum atomic E-state index is -1.23. The number of carbonyl (C=O) groups is 2. The molecule has 1 aliphatic rings. The van der Waals surface area contributed by atoms with Crippen LogP contribution in [0.25, 0.3) is 0 Å². The first-order chi connectivity index (χ1) is 6.96. The van der Waals surface area contributed by atoms with Crippen LogP contribution in [0.2, 0.25) is 0 Å². The lowest BCUT2D eigenvalue weighted by atomic mass is 9.99. The van der Waals surface area contributed by atoms with E-state index < -0.39 is 11.5 Å². The summed E-state index contributed by atoms with van der Waals surface area (Å²) in [6.07, 6.45) is 0.321. The summed E-state index contributed by atoms with van der Waals surface area (Å²) in [6.45, 7) is 0.588. The Labute approximate surface area is 88.2 Å². The third kappa shape index (κ3) is 2.90. The van der Waals surface area contributed by atoms with Crippen LogP contribution in [-0.4, -0.2) is 61.3 Å². The van der Waals surface area contributed by atoms with E-state index in [4.69, 9.17) is 9.84 Å². The molecule has 15 heavy (non-hydrogen) atoms. The fourth-order valence-electron chi connectivity index (χ4n) is 1.48. The van der Waals surface area contributed by atoms with E-state index in [1.807, 2.05) is 0 Å². The summed E-state index contributed by atoms with van der Waals surface area (Å²) in [5, 5.41) is 11.6. The molecule has 1 saturated heterocycles. The van der Waals surface area contributed by atoms with Crippen LogP contribution in [0.15, 0.2) is 0 Å². The number of nitrogens with one attached hydrogen (secondary N) is 1. The Balaban J connectivity index is 2.59. The predicted octanol–water partition coefficient (Wildman–Crippen LogP) is -1.09. The Morgan fingerprint density at radius 3 is 2.60 bits per heavy atom. The number of nitrogens with zero attached hydrogens (tertiary/aromatic N) is 1. The first kappa shape index (κ1) is 11.9. The van der Waals surface area contributed by atoms with Gasteiger partial charge in [0.2, 0.25) is 5.91 Å². The number of likely N-dealkylation sites (N-methyl/N-ethyl adjacent to an activating group) is 1. The fourth-order valence-corrected chi connectivity index (χ4v) is 1.48. The summed E-state index contributed by atoms with van der Waals surface area (Å²) in [5.41, 5.74) is -1.23. The lowest BCUT2D eigenvalue weighted by Gasteiger charge is -2.24.